The van der Waals surface area contributed by atoms with Crippen molar-refractivity contribution in [3.05, 3.63) is 52.8 Å². The minimum absolute atomic E-state index is 0.146. The van der Waals surface area contributed by atoms with Gasteiger partial charge in [-0.2, -0.15) is 5.10 Å². The number of hydrogen-bond donors (Lipinski definition) is 2. The maximum Gasteiger partial charge on any atom is 0.255 e. The fraction of sp³-hybridized carbons (Fsp3) is 0.250. The molecule has 0 aliphatic carbocycles. The molecule has 0 atom stereocenters. The van der Waals surface area contributed by atoms with Crippen LogP contribution in [0.25, 0.3) is 0 Å². The minimum Gasteiger partial charge on any atom is -0.384 e. The van der Waals surface area contributed by atoms with Crippen molar-refractivity contribution >= 4 is 5.91 Å². The molecule has 0 aliphatic rings. The predicted octanol–water partition coefficient (Wildman–Crippen LogP) is 1.00. The predicted molar refractivity (Wildman–Crippen MR) is 79.5 cm³/mol. The van der Waals surface area contributed by atoms with E-state index in [2.05, 4.69) is 22.3 Å². The van der Waals surface area contributed by atoms with Gasteiger partial charge >= 0.3 is 0 Å². The van der Waals surface area contributed by atoms with Gasteiger partial charge in [0.2, 0.25) is 0 Å². The van der Waals surface area contributed by atoms with Gasteiger partial charge in [-0.15, -0.1) is 0 Å². The molecule has 0 aliphatic heterocycles. The van der Waals surface area contributed by atoms with Gasteiger partial charge in [0.25, 0.3) is 5.91 Å². The van der Waals surface area contributed by atoms with Crippen molar-refractivity contribution in [3.63, 3.8) is 0 Å². The van der Waals surface area contributed by atoms with Crippen molar-refractivity contribution in [2.75, 3.05) is 6.61 Å². The van der Waals surface area contributed by atoms with Crippen molar-refractivity contribution in [1.29, 1.82) is 0 Å². The van der Waals surface area contributed by atoms with Crippen molar-refractivity contribution in [2.45, 2.75) is 13.5 Å². The lowest BCUT2D eigenvalue weighted by Crippen LogP contribution is -2.23. The molecule has 0 spiro atoms. The molecule has 5 heteroatoms. The maximum absolute atomic E-state index is 12.1. The summed E-state index contributed by atoms with van der Waals surface area (Å²) in [5.74, 6) is 5.29. The molecular weight excluding hydrogens is 266 g/mol. The highest BCUT2D eigenvalue weighted by atomic mass is 16.2. The number of aryl methyl sites for hydroxylation is 2. The second-order valence-electron chi connectivity index (χ2n) is 4.64. The van der Waals surface area contributed by atoms with E-state index in [1.165, 1.54) is 0 Å². The number of hydrogen-bond acceptors (Lipinski definition) is 3. The first-order chi connectivity index (χ1) is 10.1. The van der Waals surface area contributed by atoms with E-state index in [4.69, 9.17) is 5.11 Å². The van der Waals surface area contributed by atoms with Crippen molar-refractivity contribution in [2.24, 2.45) is 7.05 Å². The van der Waals surface area contributed by atoms with E-state index in [9.17, 15) is 4.79 Å². The summed E-state index contributed by atoms with van der Waals surface area (Å²) in [4.78, 5) is 12.1. The van der Waals surface area contributed by atoms with Crippen LogP contribution in [0.3, 0.4) is 0 Å². The highest BCUT2D eigenvalue weighted by molar-refractivity contribution is 5.94. The van der Waals surface area contributed by atoms with E-state index in [0.29, 0.717) is 17.8 Å². The number of carbonyl (C=O) groups excluding carboxylic acids is 1. The van der Waals surface area contributed by atoms with Gasteiger partial charge in [0, 0.05) is 25.4 Å². The van der Waals surface area contributed by atoms with Crippen LogP contribution in [0.2, 0.25) is 0 Å². The third kappa shape index (κ3) is 3.94. The highest BCUT2D eigenvalue weighted by Gasteiger charge is 2.11. The van der Waals surface area contributed by atoms with Gasteiger partial charge in [-0.3, -0.25) is 9.48 Å². The number of rotatable bonds is 3. The number of amides is 1. The first-order valence-electron chi connectivity index (χ1n) is 6.57. The molecule has 0 unspecified atom stereocenters. The van der Waals surface area contributed by atoms with Crippen LogP contribution in [0.5, 0.6) is 0 Å². The Labute approximate surface area is 123 Å². The summed E-state index contributed by atoms with van der Waals surface area (Å²) in [7, 11) is 1.78. The molecular formula is C16H17N3O2. The molecule has 1 amide bonds. The van der Waals surface area contributed by atoms with Crippen LogP contribution in [0.4, 0.5) is 0 Å². The summed E-state index contributed by atoms with van der Waals surface area (Å²) in [5, 5.41) is 15.7. The molecule has 2 aromatic rings. The van der Waals surface area contributed by atoms with Gasteiger partial charge in [0.1, 0.15) is 6.61 Å². The number of nitrogens with zero attached hydrogens (tertiary/aromatic N) is 2. The summed E-state index contributed by atoms with van der Waals surface area (Å²) >= 11 is 0. The lowest BCUT2D eigenvalue weighted by Gasteiger charge is -2.05. The smallest absolute Gasteiger partial charge is 0.255 e. The Hall–Kier alpha value is -2.58. The van der Waals surface area contributed by atoms with Crippen LogP contribution < -0.4 is 5.32 Å². The standard InChI is InChI=1S/C16H17N3O2/c1-12-15(11-19(2)18-12)16(21)17-10-14-6-3-5-13(9-14)7-4-8-20/h3,5-6,9,11,20H,8,10H2,1-2H3,(H,17,21). The number of aliphatic hydroxyl groups is 1. The van der Waals surface area contributed by atoms with Gasteiger partial charge in [-0.25, -0.2) is 0 Å². The Kier molecular flexibility index (Phi) is 4.75. The molecule has 0 saturated heterocycles. The zero-order chi connectivity index (χ0) is 15.2. The number of aromatic nitrogens is 2. The number of carbonyl (C=O) groups is 1. The number of benzene rings is 1. The van der Waals surface area contributed by atoms with E-state index >= 15 is 0 Å². The molecule has 0 radical (unpaired) electrons. The Balaban J connectivity index is 2.03. The number of aliphatic hydroxyl groups excluding tert-OH is 1. The molecule has 1 aromatic heterocycles. The average molecular weight is 283 g/mol. The van der Waals surface area contributed by atoms with Gasteiger partial charge < -0.3 is 10.4 Å². The Morgan fingerprint density at radius 3 is 2.95 bits per heavy atom. The SMILES string of the molecule is Cc1nn(C)cc1C(=O)NCc1cccc(C#CCO)c1. The third-order valence-corrected chi connectivity index (χ3v) is 2.95. The molecule has 5 nitrogen and oxygen atoms in total. The summed E-state index contributed by atoms with van der Waals surface area (Å²) in [6.45, 7) is 2.06. The van der Waals surface area contributed by atoms with E-state index in [-0.39, 0.29) is 12.5 Å². The van der Waals surface area contributed by atoms with Crippen molar-refractivity contribution in [1.82, 2.24) is 15.1 Å². The first kappa shape index (κ1) is 14.8. The minimum atomic E-state index is -0.165. The average Bonchev–Trinajstić information content (AvgIpc) is 2.82. The zero-order valence-corrected chi connectivity index (χ0v) is 12.1. The van der Waals surface area contributed by atoms with Crippen molar-refractivity contribution in [3.8, 4) is 11.8 Å². The van der Waals surface area contributed by atoms with E-state index in [1.807, 2.05) is 24.3 Å². The fourth-order valence-electron chi connectivity index (χ4n) is 2.00. The molecule has 0 bridgehead atoms. The molecule has 2 rings (SSSR count). The normalized spacial score (nSPS) is 9.86. The molecule has 2 N–H and O–H groups in total. The summed E-state index contributed by atoms with van der Waals surface area (Å²) < 4.78 is 1.62. The van der Waals surface area contributed by atoms with Gasteiger partial charge in [-0.05, 0) is 24.6 Å². The summed E-state index contributed by atoms with van der Waals surface area (Å²) in [5.41, 5.74) is 3.05. The zero-order valence-electron chi connectivity index (χ0n) is 12.1. The monoisotopic (exact) mass is 283 g/mol. The molecule has 21 heavy (non-hydrogen) atoms. The largest absolute Gasteiger partial charge is 0.384 e. The summed E-state index contributed by atoms with van der Waals surface area (Å²) in [6.07, 6.45) is 1.70. The molecule has 108 valence electrons. The van der Waals surface area contributed by atoms with E-state index < -0.39 is 0 Å². The second kappa shape index (κ2) is 6.73. The Morgan fingerprint density at radius 2 is 2.29 bits per heavy atom. The van der Waals surface area contributed by atoms with Crippen LogP contribution in [0.1, 0.15) is 27.2 Å². The van der Waals surface area contributed by atoms with Crippen LogP contribution >= 0.6 is 0 Å². The van der Waals surface area contributed by atoms with Crippen LogP contribution in [-0.4, -0.2) is 27.4 Å². The van der Waals surface area contributed by atoms with Gasteiger partial charge in [0.15, 0.2) is 0 Å². The molecule has 1 aromatic carbocycles. The number of nitrogens with one attached hydrogen (secondary N) is 1. The summed E-state index contributed by atoms with van der Waals surface area (Å²) in [6, 6.07) is 7.54. The Bertz CT molecular complexity index is 708. The molecule has 0 saturated carbocycles. The van der Waals surface area contributed by atoms with Crippen LogP contribution in [0.15, 0.2) is 30.5 Å². The fourth-order valence-corrected chi connectivity index (χ4v) is 2.00. The van der Waals surface area contributed by atoms with Crippen LogP contribution in [-0.2, 0) is 13.6 Å². The molecule has 1 heterocycles. The van der Waals surface area contributed by atoms with Crippen LogP contribution in [0, 0.1) is 18.8 Å². The Morgan fingerprint density at radius 1 is 1.48 bits per heavy atom. The maximum atomic E-state index is 12.1. The van der Waals surface area contributed by atoms with Gasteiger partial charge in [0.05, 0.1) is 11.3 Å². The highest BCUT2D eigenvalue weighted by Crippen LogP contribution is 2.07. The second-order valence-corrected chi connectivity index (χ2v) is 4.64. The topological polar surface area (TPSA) is 67.2 Å². The van der Waals surface area contributed by atoms with Gasteiger partial charge in [-0.1, -0.05) is 24.0 Å². The lowest BCUT2D eigenvalue weighted by molar-refractivity contribution is 0.0950. The van der Waals surface area contributed by atoms with E-state index in [1.54, 1.807) is 24.9 Å². The quantitative estimate of drug-likeness (QED) is 0.826. The first-order valence-corrected chi connectivity index (χ1v) is 6.57. The van der Waals surface area contributed by atoms with Crippen molar-refractivity contribution < 1.29 is 9.90 Å². The third-order valence-electron chi connectivity index (χ3n) is 2.95. The molecule has 0 fully saturated rings. The van der Waals surface area contributed by atoms with E-state index in [0.717, 1.165) is 11.1 Å². The lowest BCUT2D eigenvalue weighted by atomic mass is 10.1.